The Morgan fingerprint density at radius 2 is 1.78 bits per heavy atom. The molecule has 8 heteroatoms. The maximum absolute atomic E-state index is 12.7. The lowest BCUT2D eigenvalue weighted by Gasteiger charge is -2.15. The van der Waals surface area contributed by atoms with Crippen LogP contribution in [0.2, 0.25) is 0 Å². The van der Waals surface area contributed by atoms with E-state index in [2.05, 4.69) is 10.0 Å². The predicted molar refractivity (Wildman–Crippen MR) is 100 cm³/mol. The van der Waals surface area contributed by atoms with Crippen molar-refractivity contribution in [2.24, 2.45) is 0 Å². The van der Waals surface area contributed by atoms with Crippen LogP contribution >= 0.6 is 0 Å². The normalized spacial score (nSPS) is 15.0. The molecular formula is C19H20N2O5S. The fourth-order valence-electron chi connectivity index (χ4n) is 2.74. The van der Waals surface area contributed by atoms with Crippen molar-refractivity contribution in [3.63, 3.8) is 0 Å². The largest absolute Gasteiger partial charge is 0.480 e. The second-order valence-corrected chi connectivity index (χ2v) is 8.48. The van der Waals surface area contributed by atoms with Crippen LogP contribution in [0.5, 0.6) is 0 Å². The topological polar surface area (TPSA) is 113 Å². The van der Waals surface area contributed by atoms with Gasteiger partial charge in [-0.1, -0.05) is 18.2 Å². The molecule has 1 aliphatic rings. The summed E-state index contributed by atoms with van der Waals surface area (Å²) in [6.07, 6.45) is 0.722. The first-order valence-corrected chi connectivity index (χ1v) is 9.87. The molecular weight excluding hydrogens is 368 g/mol. The number of sulfonamides is 1. The Balaban J connectivity index is 1.88. The number of hydrogen-bond donors (Lipinski definition) is 3. The summed E-state index contributed by atoms with van der Waals surface area (Å²) >= 11 is 0. The zero-order valence-electron chi connectivity index (χ0n) is 14.9. The lowest BCUT2D eigenvalue weighted by atomic mass is 10.1. The predicted octanol–water partition coefficient (Wildman–Crippen LogP) is 2.45. The first kappa shape index (κ1) is 18.9. The summed E-state index contributed by atoms with van der Waals surface area (Å²) in [7, 11) is -3.89. The number of carbonyl (C=O) groups excluding carboxylic acids is 1. The fourth-order valence-corrected chi connectivity index (χ4v) is 3.81. The van der Waals surface area contributed by atoms with E-state index in [9.17, 15) is 23.1 Å². The van der Waals surface area contributed by atoms with Crippen molar-refractivity contribution in [1.29, 1.82) is 0 Å². The average molecular weight is 388 g/mol. The molecule has 1 saturated carbocycles. The Labute approximate surface area is 157 Å². The minimum absolute atomic E-state index is 0.0695. The van der Waals surface area contributed by atoms with E-state index in [1.54, 1.807) is 25.1 Å². The van der Waals surface area contributed by atoms with Crippen LogP contribution in [0, 0.1) is 13.8 Å². The van der Waals surface area contributed by atoms with Crippen LogP contribution < -0.4 is 10.0 Å². The van der Waals surface area contributed by atoms with Crippen LogP contribution in [-0.4, -0.2) is 30.9 Å². The number of nitrogens with one attached hydrogen (secondary N) is 2. The van der Waals surface area contributed by atoms with Gasteiger partial charge in [0.15, 0.2) is 0 Å². The van der Waals surface area contributed by atoms with E-state index in [-0.39, 0.29) is 10.5 Å². The van der Waals surface area contributed by atoms with Crippen LogP contribution in [-0.2, 0) is 14.8 Å². The quantitative estimate of drug-likeness (QED) is 0.704. The number of anilines is 1. The summed E-state index contributed by atoms with van der Waals surface area (Å²) in [5.41, 5.74) is 0.780. The molecule has 1 aliphatic carbocycles. The van der Waals surface area contributed by atoms with Gasteiger partial charge in [0.2, 0.25) is 0 Å². The van der Waals surface area contributed by atoms with Gasteiger partial charge in [0.1, 0.15) is 5.54 Å². The Bertz CT molecular complexity index is 1030. The number of carbonyl (C=O) groups is 2. The molecule has 2 aromatic carbocycles. The second-order valence-electron chi connectivity index (χ2n) is 6.79. The van der Waals surface area contributed by atoms with E-state index in [0.717, 1.165) is 5.56 Å². The van der Waals surface area contributed by atoms with Gasteiger partial charge in [-0.2, -0.15) is 0 Å². The summed E-state index contributed by atoms with van der Waals surface area (Å²) in [4.78, 5) is 23.7. The third kappa shape index (κ3) is 3.95. The Hall–Kier alpha value is -2.87. The van der Waals surface area contributed by atoms with Crippen molar-refractivity contribution in [2.45, 2.75) is 37.1 Å². The summed E-state index contributed by atoms with van der Waals surface area (Å²) in [5, 5.41) is 11.7. The highest BCUT2D eigenvalue weighted by Crippen LogP contribution is 2.36. The van der Waals surface area contributed by atoms with Crippen molar-refractivity contribution in [1.82, 2.24) is 5.32 Å². The van der Waals surface area contributed by atoms with Crippen molar-refractivity contribution in [3.05, 3.63) is 59.2 Å². The Morgan fingerprint density at radius 3 is 2.37 bits per heavy atom. The first-order chi connectivity index (χ1) is 12.6. The maximum atomic E-state index is 12.7. The van der Waals surface area contributed by atoms with E-state index in [4.69, 9.17) is 0 Å². The van der Waals surface area contributed by atoms with E-state index in [1.165, 1.54) is 18.2 Å². The molecule has 7 nitrogen and oxygen atoms in total. The number of hydrogen-bond acceptors (Lipinski definition) is 4. The number of rotatable bonds is 6. The first-order valence-electron chi connectivity index (χ1n) is 8.39. The molecule has 27 heavy (non-hydrogen) atoms. The number of carboxylic acid groups (broad SMARTS) is 1. The Kier molecular flexibility index (Phi) is 4.69. The number of aryl methyl sites for hydroxylation is 2. The van der Waals surface area contributed by atoms with Gasteiger partial charge in [-0.15, -0.1) is 0 Å². The molecule has 0 saturated heterocycles. The molecule has 1 fully saturated rings. The molecule has 0 radical (unpaired) electrons. The smallest absolute Gasteiger partial charge is 0.329 e. The molecule has 0 bridgehead atoms. The molecule has 0 heterocycles. The molecule has 142 valence electrons. The van der Waals surface area contributed by atoms with Gasteiger partial charge in [0, 0.05) is 11.3 Å². The van der Waals surface area contributed by atoms with Crippen LogP contribution in [0.3, 0.4) is 0 Å². The van der Waals surface area contributed by atoms with Crippen molar-refractivity contribution < 1.29 is 23.1 Å². The van der Waals surface area contributed by atoms with Crippen molar-refractivity contribution >= 4 is 27.6 Å². The fraction of sp³-hybridized carbons (Fsp3) is 0.263. The van der Waals surface area contributed by atoms with Gasteiger partial charge < -0.3 is 10.4 Å². The molecule has 0 atom stereocenters. The zero-order valence-corrected chi connectivity index (χ0v) is 15.8. The van der Waals surface area contributed by atoms with E-state index in [1.807, 2.05) is 13.0 Å². The van der Waals surface area contributed by atoms with Crippen molar-refractivity contribution in [3.8, 4) is 0 Å². The highest BCUT2D eigenvalue weighted by molar-refractivity contribution is 7.92. The highest BCUT2D eigenvalue weighted by Gasteiger charge is 2.51. The van der Waals surface area contributed by atoms with Gasteiger partial charge in [-0.05, 0) is 62.1 Å². The standard InChI is InChI=1S/C19H20N2O5S/c1-12-4-3-5-14(10-12)21-27(25,26)15-7-6-13(2)16(11-15)17(22)20-19(8-9-19)18(23)24/h3-7,10-11,21H,8-9H2,1-2H3,(H,20,22)(H,23,24). The summed E-state index contributed by atoms with van der Waals surface area (Å²) in [6.45, 7) is 3.52. The zero-order chi connectivity index (χ0) is 19.8. The lowest BCUT2D eigenvalue weighted by molar-refractivity contribution is -0.140. The van der Waals surface area contributed by atoms with Gasteiger partial charge in [0.05, 0.1) is 4.90 Å². The lowest BCUT2D eigenvalue weighted by Crippen LogP contribution is -2.43. The summed E-state index contributed by atoms with van der Waals surface area (Å²) in [6, 6.07) is 11.1. The summed E-state index contributed by atoms with van der Waals surface area (Å²) in [5.74, 6) is -1.68. The van der Waals surface area contributed by atoms with Crippen LogP contribution in [0.4, 0.5) is 5.69 Å². The minimum Gasteiger partial charge on any atom is -0.480 e. The summed E-state index contributed by atoms with van der Waals surface area (Å²) < 4.78 is 27.8. The van der Waals surface area contributed by atoms with E-state index in [0.29, 0.717) is 24.1 Å². The minimum atomic E-state index is -3.89. The molecule has 3 N–H and O–H groups in total. The third-order valence-electron chi connectivity index (χ3n) is 4.55. The molecule has 0 aliphatic heterocycles. The van der Waals surface area contributed by atoms with E-state index < -0.39 is 27.4 Å². The molecule has 1 amide bonds. The average Bonchev–Trinajstić information content (AvgIpc) is 3.35. The number of carboxylic acids is 1. The third-order valence-corrected chi connectivity index (χ3v) is 5.93. The molecule has 3 rings (SSSR count). The van der Waals surface area contributed by atoms with Crippen LogP contribution in [0.15, 0.2) is 47.4 Å². The van der Waals surface area contributed by atoms with Crippen LogP contribution in [0.1, 0.15) is 34.3 Å². The van der Waals surface area contributed by atoms with Gasteiger partial charge >= 0.3 is 5.97 Å². The molecule has 0 aromatic heterocycles. The number of amides is 1. The monoisotopic (exact) mass is 388 g/mol. The molecule has 0 spiro atoms. The van der Waals surface area contributed by atoms with Crippen LogP contribution in [0.25, 0.3) is 0 Å². The number of aliphatic carboxylic acids is 1. The van der Waals surface area contributed by atoms with Gasteiger partial charge in [-0.25, -0.2) is 13.2 Å². The SMILES string of the molecule is Cc1cccc(NS(=O)(=O)c2ccc(C)c(C(=O)NC3(C(=O)O)CC3)c2)c1. The second kappa shape index (κ2) is 6.70. The van der Waals surface area contributed by atoms with E-state index >= 15 is 0 Å². The van der Waals surface area contributed by atoms with Gasteiger partial charge in [0.25, 0.3) is 15.9 Å². The number of benzene rings is 2. The molecule has 2 aromatic rings. The highest BCUT2D eigenvalue weighted by atomic mass is 32.2. The Morgan fingerprint density at radius 1 is 1.07 bits per heavy atom. The molecule has 0 unspecified atom stereocenters. The van der Waals surface area contributed by atoms with Crippen molar-refractivity contribution in [2.75, 3.05) is 4.72 Å². The van der Waals surface area contributed by atoms with Gasteiger partial charge in [-0.3, -0.25) is 9.52 Å². The maximum Gasteiger partial charge on any atom is 0.329 e.